The summed E-state index contributed by atoms with van der Waals surface area (Å²) in [4.78, 5) is 14.6. The fourth-order valence-electron chi connectivity index (χ4n) is 3.49. The maximum Gasteiger partial charge on any atom is 0.225 e. The Labute approximate surface area is 105 Å². The molecule has 1 saturated carbocycles. The second kappa shape index (κ2) is 5.38. The van der Waals surface area contributed by atoms with Gasteiger partial charge in [0.2, 0.25) is 5.91 Å². The van der Waals surface area contributed by atoms with Crippen molar-refractivity contribution in [2.24, 2.45) is 23.5 Å². The number of amides is 1. The number of carbonyl (C=O) groups excluding carboxylic acids is 1. The average Bonchev–Trinajstić information content (AvgIpc) is 2.68. The van der Waals surface area contributed by atoms with E-state index in [1.54, 1.807) is 0 Å². The molecule has 1 aliphatic carbocycles. The lowest BCUT2D eigenvalue weighted by Gasteiger charge is -2.31. The standard InChI is InChI=1S/C14H26N2O/c1-10-7-11(2)16(9-10)14(17)13-5-3-12(8-15)4-6-13/h10-13H,3-9,15H2,1-2H3. The van der Waals surface area contributed by atoms with Crippen LogP contribution in [-0.4, -0.2) is 29.9 Å². The first-order valence-corrected chi connectivity index (χ1v) is 7.12. The lowest BCUT2D eigenvalue weighted by Crippen LogP contribution is -2.40. The highest BCUT2D eigenvalue weighted by Gasteiger charge is 2.35. The van der Waals surface area contributed by atoms with E-state index in [4.69, 9.17) is 5.73 Å². The lowest BCUT2D eigenvalue weighted by atomic mass is 9.81. The fraction of sp³-hybridized carbons (Fsp3) is 0.929. The normalized spacial score (nSPS) is 38.4. The Morgan fingerprint density at radius 1 is 1.24 bits per heavy atom. The van der Waals surface area contributed by atoms with Crippen molar-refractivity contribution in [1.82, 2.24) is 4.90 Å². The number of nitrogens with two attached hydrogens (primary N) is 1. The number of hydrogen-bond acceptors (Lipinski definition) is 2. The predicted octanol–water partition coefficient (Wildman–Crippen LogP) is 2.01. The van der Waals surface area contributed by atoms with Crippen LogP contribution < -0.4 is 5.73 Å². The van der Waals surface area contributed by atoms with Crippen LogP contribution in [0.15, 0.2) is 0 Å². The second-order valence-corrected chi connectivity index (χ2v) is 6.13. The number of carbonyl (C=O) groups is 1. The van der Waals surface area contributed by atoms with Crippen molar-refractivity contribution in [1.29, 1.82) is 0 Å². The molecule has 17 heavy (non-hydrogen) atoms. The van der Waals surface area contributed by atoms with E-state index in [-0.39, 0.29) is 5.92 Å². The summed E-state index contributed by atoms with van der Waals surface area (Å²) in [5.41, 5.74) is 5.69. The van der Waals surface area contributed by atoms with Gasteiger partial charge in [0.15, 0.2) is 0 Å². The van der Waals surface area contributed by atoms with E-state index in [0.717, 1.165) is 38.8 Å². The van der Waals surface area contributed by atoms with Crippen LogP contribution in [-0.2, 0) is 4.79 Å². The Hall–Kier alpha value is -0.570. The van der Waals surface area contributed by atoms with Gasteiger partial charge in [-0.2, -0.15) is 0 Å². The lowest BCUT2D eigenvalue weighted by molar-refractivity contribution is -0.137. The van der Waals surface area contributed by atoms with Crippen LogP contribution in [0.5, 0.6) is 0 Å². The Bertz CT molecular complexity index is 271. The van der Waals surface area contributed by atoms with Crippen LogP contribution in [0.4, 0.5) is 0 Å². The van der Waals surface area contributed by atoms with Gasteiger partial charge in [-0.3, -0.25) is 4.79 Å². The molecule has 0 spiro atoms. The summed E-state index contributed by atoms with van der Waals surface area (Å²) in [7, 11) is 0. The third kappa shape index (κ3) is 2.82. The van der Waals surface area contributed by atoms with Gasteiger partial charge in [-0.25, -0.2) is 0 Å². The van der Waals surface area contributed by atoms with Gasteiger partial charge in [-0.15, -0.1) is 0 Å². The van der Waals surface area contributed by atoms with E-state index in [1.165, 1.54) is 6.42 Å². The summed E-state index contributed by atoms with van der Waals surface area (Å²) in [6, 6.07) is 0.449. The number of rotatable bonds is 2. The molecule has 2 aliphatic rings. The van der Waals surface area contributed by atoms with Crippen molar-refractivity contribution in [2.45, 2.75) is 52.0 Å². The highest BCUT2D eigenvalue weighted by molar-refractivity contribution is 5.79. The summed E-state index contributed by atoms with van der Waals surface area (Å²) >= 11 is 0. The van der Waals surface area contributed by atoms with E-state index in [1.807, 2.05) is 0 Å². The van der Waals surface area contributed by atoms with Gasteiger partial charge in [0.1, 0.15) is 0 Å². The monoisotopic (exact) mass is 238 g/mol. The zero-order chi connectivity index (χ0) is 12.4. The molecule has 2 unspecified atom stereocenters. The molecule has 0 aromatic carbocycles. The molecule has 2 N–H and O–H groups in total. The topological polar surface area (TPSA) is 46.3 Å². The Morgan fingerprint density at radius 2 is 1.88 bits per heavy atom. The minimum atomic E-state index is 0.283. The fourth-order valence-corrected chi connectivity index (χ4v) is 3.49. The molecular weight excluding hydrogens is 212 g/mol. The third-order valence-electron chi connectivity index (χ3n) is 4.60. The van der Waals surface area contributed by atoms with Crippen LogP contribution in [0.3, 0.4) is 0 Å². The molecule has 1 heterocycles. The number of nitrogens with zero attached hydrogens (tertiary/aromatic N) is 1. The van der Waals surface area contributed by atoms with Crippen LogP contribution in [0.2, 0.25) is 0 Å². The van der Waals surface area contributed by atoms with Crippen molar-refractivity contribution in [3.63, 3.8) is 0 Å². The van der Waals surface area contributed by atoms with Gasteiger partial charge < -0.3 is 10.6 Å². The summed E-state index contributed by atoms with van der Waals surface area (Å²) in [6.45, 7) is 6.19. The maximum absolute atomic E-state index is 12.4. The molecule has 2 fully saturated rings. The second-order valence-electron chi connectivity index (χ2n) is 6.13. The Morgan fingerprint density at radius 3 is 2.35 bits per heavy atom. The average molecular weight is 238 g/mol. The molecule has 3 heteroatoms. The van der Waals surface area contributed by atoms with Gasteiger partial charge in [0.05, 0.1) is 0 Å². The van der Waals surface area contributed by atoms with E-state index < -0.39 is 0 Å². The summed E-state index contributed by atoms with van der Waals surface area (Å²) in [6.07, 6.45) is 5.57. The molecule has 98 valence electrons. The molecule has 1 aliphatic heterocycles. The molecule has 0 aromatic rings. The molecule has 0 bridgehead atoms. The number of hydrogen-bond donors (Lipinski definition) is 1. The van der Waals surface area contributed by atoms with Crippen LogP contribution in [0, 0.1) is 17.8 Å². The highest BCUT2D eigenvalue weighted by Crippen LogP contribution is 2.32. The van der Waals surface area contributed by atoms with Gasteiger partial charge in [-0.1, -0.05) is 6.92 Å². The first-order chi connectivity index (χ1) is 8.11. The molecular formula is C14H26N2O. The van der Waals surface area contributed by atoms with Gasteiger partial charge in [0, 0.05) is 18.5 Å². The first-order valence-electron chi connectivity index (χ1n) is 7.12. The SMILES string of the molecule is CC1CC(C)N(C(=O)C2CCC(CN)CC2)C1. The van der Waals surface area contributed by atoms with Crippen LogP contribution in [0.1, 0.15) is 46.0 Å². The van der Waals surface area contributed by atoms with Crippen molar-refractivity contribution in [2.75, 3.05) is 13.1 Å². The minimum absolute atomic E-state index is 0.283. The van der Waals surface area contributed by atoms with E-state index in [9.17, 15) is 4.79 Å². The molecule has 2 rings (SSSR count). The molecule has 0 radical (unpaired) electrons. The maximum atomic E-state index is 12.4. The van der Waals surface area contributed by atoms with Gasteiger partial charge >= 0.3 is 0 Å². The third-order valence-corrected chi connectivity index (χ3v) is 4.60. The van der Waals surface area contributed by atoms with E-state index >= 15 is 0 Å². The van der Waals surface area contributed by atoms with Crippen molar-refractivity contribution >= 4 is 5.91 Å². The molecule has 2 atom stereocenters. The molecule has 3 nitrogen and oxygen atoms in total. The largest absolute Gasteiger partial charge is 0.339 e. The quantitative estimate of drug-likeness (QED) is 0.800. The van der Waals surface area contributed by atoms with Crippen LogP contribution >= 0.6 is 0 Å². The van der Waals surface area contributed by atoms with Crippen molar-refractivity contribution < 1.29 is 4.79 Å². The molecule has 1 amide bonds. The van der Waals surface area contributed by atoms with E-state index in [0.29, 0.717) is 23.8 Å². The summed E-state index contributed by atoms with van der Waals surface area (Å²) < 4.78 is 0. The van der Waals surface area contributed by atoms with Gasteiger partial charge in [-0.05, 0) is 57.4 Å². The zero-order valence-electron chi connectivity index (χ0n) is 11.2. The first kappa shape index (κ1) is 12.9. The zero-order valence-corrected chi connectivity index (χ0v) is 11.2. The smallest absolute Gasteiger partial charge is 0.225 e. The van der Waals surface area contributed by atoms with Gasteiger partial charge in [0.25, 0.3) is 0 Å². The number of likely N-dealkylation sites (tertiary alicyclic amines) is 1. The van der Waals surface area contributed by atoms with Crippen LogP contribution in [0.25, 0.3) is 0 Å². The molecule has 0 aromatic heterocycles. The Balaban J connectivity index is 1.88. The highest BCUT2D eigenvalue weighted by atomic mass is 16.2. The van der Waals surface area contributed by atoms with Crippen molar-refractivity contribution in [3.8, 4) is 0 Å². The van der Waals surface area contributed by atoms with Crippen molar-refractivity contribution in [3.05, 3.63) is 0 Å². The summed E-state index contributed by atoms with van der Waals surface area (Å²) in [5.74, 6) is 2.03. The Kier molecular flexibility index (Phi) is 4.08. The minimum Gasteiger partial charge on any atom is -0.339 e. The summed E-state index contributed by atoms with van der Waals surface area (Å²) in [5, 5.41) is 0. The van der Waals surface area contributed by atoms with E-state index in [2.05, 4.69) is 18.7 Å². The predicted molar refractivity (Wildman–Crippen MR) is 69.5 cm³/mol. The molecule has 1 saturated heterocycles.